The van der Waals surface area contributed by atoms with Gasteiger partial charge in [-0.25, -0.2) is 0 Å². The van der Waals surface area contributed by atoms with Crippen LogP contribution >= 0.6 is 15.9 Å². The van der Waals surface area contributed by atoms with E-state index in [2.05, 4.69) is 72.3 Å². The van der Waals surface area contributed by atoms with Crippen LogP contribution in [0, 0.1) is 13.8 Å². The first kappa shape index (κ1) is 11.7. The highest BCUT2D eigenvalue weighted by Crippen LogP contribution is 2.39. The van der Waals surface area contributed by atoms with Gasteiger partial charge in [-0.05, 0) is 69.6 Å². The van der Waals surface area contributed by atoms with Gasteiger partial charge in [0.05, 0.1) is 0 Å². The van der Waals surface area contributed by atoms with Crippen molar-refractivity contribution < 1.29 is 0 Å². The third kappa shape index (κ3) is 1.74. The number of allylic oxidation sites excluding steroid dienone is 1. The topological polar surface area (TPSA) is 0 Å². The van der Waals surface area contributed by atoms with Crippen molar-refractivity contribution in [2.75, 3.05) is 0 Å². The third-order valence-corrected chi connectivity index (χ3v) is 4.51. The smallest absolute Gasteiger partial charge is 0.0297 e. The van der Waals surface area contributed by atoms with Crippen molar-refractivity contribution in [3.8, 4) is 11.1 Å². The van der Waals surface area contributed by atoms with E-state index < -0.39 is 0 Å². The van der Waals surface area contributed by atoms with Crippen LogP contribution in [0.1, 0.15) is 22.3 Å². The van der Waals surface area contributed by atoms with E-state index in [1.807, 2.05) is 0 Å². The van der Waals surface area contributed by atoms with Gasteiger partial charge in [-0.3, -0.25) is 0 Å². The van der Waals surface area contributed by atoms with E-state index in [-0.39, 0.29) is 0 Å². The number of halogens is 1. The molecule has 2 aromatic rings. The molecule has 0 fully saturated rings. The number of rotatable bonds is 1. The van der Waals surface area contributed by atoms with Gasteiger partial charge in [0.2, 0.25) is 0 Å². The molecular weight excluding hydrogens is 284 g/mol. The lowest BCUT2D eigenvalue weighted by molar-refractivity contribution is 1.26. The number of aryl methyl sites for hydroxylation is 2. The minimum Gasteiger partial charge on any atom is -0.0795 e. The molecule has 90 valence electrons. The minimum atomic E-state index is 1.04. The van der Waals surface area contributed by atoms with Gasteiger partial charge in [0.15, 0.2) is 0 Å². The van der Waals surface area contributed by atoms with E-state index in [4.69, 9.17) is 0 Å². The molecule has 0 aromatic heterocycles. The molecule has 0 atom stereocenters. The standard InChI is InChI=1S/C17H15Br/c1-11-6-3-4-8-14(11)16-12(2)10-13-7-5-9-15(13)17(16)18/h3-8,10H,9H2,1-2H3. The normalized spacial score (nSPS) is 12.8. The molecule has 18 heavy (non-hydrogen) atoms. The summed E-state index contributed by atoms with van der Waals surface area (Å²) in [6.07, 6.45) is 5.49. The molecule has 1 aliphatic rings. The molecule has 0 unspecified atom stereocenters. The average Bonchev–Trinajstić information content (AvgIpc) is 2.79. The number of benzene rings is 2. The lowest BCUT2D eigenvalue weighted by Crippen LogP contribution is -1.94. The maximum atomic E-state index is 3.81. The summed E-state index contributed by atoms with van der Waals surface area (Å²) in [4.78, 5) is 0. The highest BCUT2D eigenvalue weighted by atomic mass is 79.9. The molecule has 0 nitrogen and oxygen atoms in total. The summed E-state index contributed by atoms with van der Waals surface area (Å²) in [5.41, 5.74) is 8.11. The van der Waals surface area contributed by atoms with Crippen molar-refractivity contribution in [1.82, 2.24) is 0 Å². The highest BCUT2D eigenvalue weighted by molar-refractivity contribution is 9.10. The Morgan fingerprint density at radius 1 is 1.06 bits per heavy atom. The second-order valence-corrected chi connectivity index (χ2v) is 5.66. The molecule has 0 saturated heterocycles. The van der Waals surface area contributed by atoms with E-state index >= 15 is 0 Å². The quantitative estimate of drug-likeness (QED) is 0.670. The first-order chi connectivity index (χ1) is 8.68. The van der Waals surface area contributed by atoms with Crippen LogP contribution in [0.15, 0.2) is 40.9 Å². The van der Waals surface area contributed by atoms with Crippen molar-refractivity contribution >= 4 is 22.0 Å². The van der Waals surface area contributed by atoms with Crippen molar-refractivity contribution in [1.29, 1.82) is 0 Å². The van der Waals surface area contributed by atoms with E-state index in [0.717, 1.165) is 6.42 Å². The van der Waals surface area contributed by atoms with E-state index in [0.29, 0.717) is 0 Å². The predicted octanol–water partition coefficient (Wildman–Crippen LogP) is 5.30. The second kappa shape index (κ2) is 4.40. The van der Waals surface area contributed by atoms with Crippen LogP contribution in [-0.4, -0.2) is 0 Å². The van der Waals surface area contributed by atoms with E-state index in [9.17, 15) is 0 Å². The maximum absolute atomic E-state index is 3.81. The Labute approximate surface area is 116 Å². The Morgan fingerprint density at radius 2 is 1.83 bits per heavy atom. The Morgan fingerprint density at radius 3 is 2.61 bits per heavy atom. The lowest BCUT2D eigenvalue weighted by atomic mass is 9.93. The molecule has 3 rings (SSSR count). The lowest BCUT2D eigenvalue weighted by Gasteiger charge is -2.15. The maximum Gasteiger partial charge on any atom is 0.0297 e. The summed E-state index contributed by atoms with van der Waals surface area (Å²) >= 11 is 3.81. The van der Waals surface area contributed by atoms with Gasteiger partial charge in [-0.2, -0.15) is 0 Å². The highest BCUT2D eigenvalue weighted by Gasteiger charge is 2.17. The summed E-state index contributed by atoms with van der Waals surface area (Å²) in [6, 6.07) is 10.9. The molecule has 0 amide bonds. The molecule has 1 aliphatic carbocycles. The first-order valence-electron chi connectivity index (χ1n) is 6.23. The predicted molar refractivity (Wildman–Crippen MR) is 81.8 cm³/mol. The second-order valence-electron chi connectivity index (χ2n) is 4.87. The van der Waals surface area contributed by atoms with Gasteiger partial charge in [-0.1, -0.05) is 42.5 Å². The summed E-state index contributed by atoms with van der Waals surface area (Å²) < 4.78 is 1.26. The van der Waals surface area contributed by atoms with Crippen LogP contribution in [0.5, 0.6) is 0 Å². The Kier molecular flexibility index (Phi) is 2.87. The number of fused-ring (bicyclic) bond motifs is 1. The van der Waals surface area contributed by atoms with Crippen molar-refractivity contribution in [3.63, 3.8) is 0 Å². The SMILES string of the molecule is Cc1ccccc1-c1c(C)cc2c(c1Br)CC=C2. The van der Waals surface area contributed by atoms with E-state index in [1.54, 1.807) is 0 Å². The minimum absolute atomic E-state index is 1.04. The van der Waals surface area contributed by atoms with Crippen LogP contribution in [-0.2, 0) is 6.42 Å². The fourth-order valence-electron chi connectivity index (χ4n) is 2.69. The number of hydrogen-bond acceptors (Lipinski definition) is 0. The van der Waals surface area contributed by atoms with Crippen molar-refractivity contribution in [3.05, 3.63) is 63.1 Å². The fraction of sp³-hybridized carbons (Fsp3) is 0.176. The van der Waals surface area contributed by atoms with Gasteiger partial charge in [0.25, 0.3) is 0 Å². The average molecular weight is 299 g/mol. The fourth-order valence-corrected chi connectivity index (χ4v) is 3.60. The summed E-state index contributed by atoms with van der Waals surface area (Å²) in [7, 11) is 0. The van der Waals surface area contributed by atoms with E-state index in [1.165, 1.54) is 37.9 Å². The summed E-state index contributed by atoms with van der Waals surface area (Å²) in [5.74, 6) is 0. The van der Waals surface area contributed by atoms with Crippen LogP contribution in [0.4, 0.5) is 0 Å². The molecule has 0 bridgehead atoms. The molecule has 0 saturated carbocycles. The summed E-state index contributed by atoms with van der Waals surface area (Å²) in [5, 5.41) is 0. The van der Waals surface area contributed by atoms with Crippen LogP contribution < -0.4 is 0 Å². The molecule has 0 aliphatic heterocycles. The zero-order valence-electron chi connectivity index (χ0n) is 10.6. The van der Waals surface area contributed by atoms with Gasteiger partial charge in [-0.15, -0.1) is 0 Å². The molecule has 2 aromatic carbocycles. The molecule has 1 heteroatoms. The zero-order chi connectivity index (χ0) is 12.7. The van der Waals surface area contributed by atoms with Crippen LogP contribution in [0.3, 0.4) is 0 Å². The zero-order valence-corrected chi connectivity index (χ0v) is 12.2. The van der Waals surface area contributed by atoms with Crippen molar-refractivity contribution in [2.24, 2.45) is 0 Å². The Bertz CT molecular complexity index is 651. The van der Waals surface area contributed by atoms with Crippen molar-refractivity contribution in [2.45, 2.75) is 20.3 Å². The molecule has 0 heterocycles. The van der Waals surface area contributed by atoms with Crippen LogP contribution in [0.25, 0.3) is 17.2 Å². The first-order valence-corrected chi connectivity index (χ1v) is 7.02. The van der Waals surface area contributed by atoms with Gasteiger partial charge >= 0.3 is 0 Å². The largest absolute Gasteiger partial charge is 0.0795 e. The van der Waals surface area contributed by atoms with Gasteiger partial charge in [0, 0.05) is 4.47 Å². The molecular formula is C17H15Br. The van der Waals surface area contributed by atoms with Gasteiger partial charge in [0.1, 0.15) is 0 Å². The van der Waals surface area contributed by atoms with Gasteiger partial charge < -0.3 is 0 Å². The molecule has 0 spiro atoms. The number of hydrogen-bond donors (Lipinski definition) is 0. The molecule has 0 radical (unpaired) electrons. The summed E-state index contributed by atoms with van der Waals surface area (Å²) in [6.45, 7) is 4.37. The van der Waals surface area contributed by atoms with Crippen LogP contribution in [0.2, 0.25) is 0 Å². The Hall–Kier alpha value is -1.34. The third-order valence-electron chi connectivity index (χ3n) is 3.63. The molecule has 0 N–H and O–H groups in total. The Balaban J connectivity index is 2.29. The monoisotopic (exact) mass is 298 g/mol.